The maximum Gasteiger partial charge on any atom is 0.147 e. The van der Waals surface area contributed by atoms with Gasteiger partial charge in [0.2, 0.25) is 0 Å². The zero-order chi connectivity index (χ0) is 12.7. The normalized spacial score (nSPS) is 10.6. The van der Waals surface area contributed by atoms with Crippen LogP contribution in [0, 0.1) is 5.82 Å². The first kappa shape index (κ1) is 14.4. The Hall–Kier alpha value is -0.650. The molecule has 0 amide bonds. The highest BCUT2D eigenvalue weighted by molar-refractivity contribution is 9.10. The van der Waals surface area contributed by atoms with Gasteiger partial charge in [0.15, 0.2) is 0 Å². The van der Waals surface area contributed by atoms with Crippen LogP contribution in [0.2, 0.25) is 0 Å². The first-order chi connectivity index (χ1) is 8.19. The lowest BCUT2D eigenvalue weighted by molar-refractivity contribution is 0.190. The van der Waals surface area contributed by atoms with Gasteiger partial charge >= 0.3 is 0 Å². The van der Waals surface area contributed by atoms with E-state index in [0.29, 0.717) is 32.0 Å². The molecule has 0 radical (unpaired) electrons. The number of methoxy groups -OCH3 is 2. The monoisotopic (exact) mass is 305 g/mol. The Kier molecular flexibility index (Phi) is 6.47. The van der Waals surface area contributed by atoms with Crippen LogP contribution < -0.4 is 4.90 Å². The molecule has 0 heterocycles. The molecule has 3 nitrogen and oxygen atoms in total. The van der Waals surface area contributed by atoms with Crippen LogP contribution in [-0.4, -0.2) is 40.5 Å². The number of rotatable bonds is 7. The van der Waals surface area contributed by atoms with Crippen molar-refractivity contribution in [3.63, 3.8) is 0 Å². The van der Waals surface area contributed by atoms with Crippen molar-refractivity contribution in [1.82, 2.24) is 0 Å². The van der Waals surface area contributed by atoms with E-state index >= 15 is 0 Å². The standard InChI is InChI=1S/C12H17BrFNO2/c1-16-7-5-15(6-8-17-2)12-4-3-10(13)9-11(12)14/h3-4,9H,5-8H2,1-2H3. The van der Waals surface area contributed by atoms with Crippen LogP contribution in [0.25, 0.3) is 0 Å². The van der Waals surface area contributed by atoms with Gasteiger partial charge in [0.05, 0.1) is 18.9 Å². The smallest absolute Gasteiger partial charge is 0.147 e. The van der Waals surface area contributed by atoms with E-state index in [1.807, 2.05) is 11.0 Å². The highest BCUT2D eigenvalue weighted by Crippen LogP contribution is 2.22. The van der Waals surface area contributed by atoms with Crippen molar-refractivity contribution in [1.29, 1.82) is 0 Å². The minimum Gasteiger partial charge on any atom is -0.383 e. The van der Waals surface area contributed by atoms with Crippen LogP contribution in [0.4, 0.5) is 10.1 Å². The van der Waals surface area contributed by atoms with E-state index < -0.39 is 0 Å². The molecule has 1 aromatic carbocycles. The van der Waals surface area contributed by atoms with Crippen LogP contribution in [-0.2, 0) is 9.47 Å². The van der Waals surface area contributed by atoms with Gasteiger partial charge in [-0.25, -0.2) is 4.39 Å². The second-order valence-electron chi connectivity index (χ2n) is 3.57. The molecule has 0 atom stereocenters. The Balaban J connectivity index is 2.79. The molecule has 0 unspecified atom stereocenters. The molecule has 0 saturated carbocycles. The lowest BCUT2D eigenvalue weighted by Gasteiger charge is -2.24. The third-order valence-electron chi connectivity index (χ3n) is 2.38. The molecule has 0 aliphatic heterocycles. The first-order valence-electron chi connectivity index (χ1n) is 5.37. The Labute approximate surface area is 110 Å². The Bertz CT molecular complexity index is 341. The molecule has 1 rings (SSSR count). The van der Waals surface area contributed by atoms with Crippen molar-refractivity contribution in [2.24, 2.45) is 0 Å². The quantitative estimate of drug-likeness (QED) is 0.773. The number of nitrogens with zero attached hydrogens (tertiary/aromatic N) is 1. The van der Waals surface area contributed by atoms with E-state index in [1.54, 1.807) is 20.3 Å². The molecular weight excluding hydrogens is 289 g/mol. The van der Waals surface area contributed by atoms with Gasteiger partial charge in [-0.1, -0.05) is 15.9 Å². The summed E-state index contributed by atoms with van der Waals surface area (Å²) in [6.07, 6.45) is 0. The summed E-state index contributed by atoms with van der Waals surface area (Å²) in [4.78, 5) is 1.91. The molecule has 17 heavy (non-hydrogen) atoms. The molecule has 0 saturated heterocycles. The number of hydrogen-bond acceptors (Lipinski definition) is 3. The molecular formula is C12H17BrFNO2. The van der Waals surface area contributed by atoms with Crippen LogP contribution >= 0.6 is 15.9 Å². The minimum atomic E-state index is -0.244. The minimum absolute atomic E-state index is 0.244. The van der Waals surface area contributed by atoms with Gasteiger partial charge in [-0.15, -0.1) is 0 Å². The second-order valence-corrected chi connectivity index (χ2v) is 4.48. The maximum atomic E-state index is 13.8. The summed E-state index contributed by atoms with van der Waals surface area (Å²) >= 11 is 3.24. The zero-order valence-corrected chi connectivity index (χ0v) is 11.7. The largest absolute Gasteiger partial charge is 0.383 e. The summed E-state index contributed by atoms with van der Waals surface area (Å²) in [6.45, 7) is 2.38. The van der Waals surface area contributed by atoms with Crippen molar-refractivity contribution in [3.8, 4) is 0 Å². The average Bonchev–Trinajstić information content (AvgIpc) is 2.30. The van der Waals surface area contributed by atoms with Gasteiger partial charge < -0.3 is 14.4 Å². The third-order valence-corrected chi connectivity index (χ3v) is 2.87. The maximum absolute atomic E-state index is 13.8. The van der Waals surface area contributed by atoms with E-state index in [2.05, 4.69) is 15.9 Å². The Morgan fingerprint density at radius 1 is 1.18 bits per heavy atom. The van der Waals surface area contributed by atoms with E-state index in [9.17, 15) is 4.39 Å². The van der Waals surface area contributed by atoms with Crippen molar-refractivity contribution >= 4 is 21.6 Å². The highest BCUT2D eigenvalue weighted by Gasteiger charge is 2.11. The number of anilines is 1. The molecule has 0 aliphatic rings. The molecule has 5 heteroatoms. The van der Waals surface area contributed by atoms with Gasteiger partial charge in [-0.05, 0) is 18.2 Å². The zero-order valence-electron chi connectivity index (χ0n) is 10.1. The van der Waals surface area contributed by atoms with Crippen molar-refractivity contribution in [3.05, 3.63) is 28.5 Å². The van der Waals surface area contributed by atoms with Gasteiger partial charge in [0.1, 0.15) is 5.82 Å². The molecule has 0 spiro atoms. The van der Waals surface area contributed by atoms with Gasteiger partial charge in [-0.2, -0.15) is 0 Å². The fraction of sp³-hybridized carbons (Fsp3) is 0.500. The van der Waals surface area contributed by atoms with Crippen LogP contribution in [0.5, 0.6) is 0 Å². The lowest BCUT2D eigenvalue weighted by atomic mass is 10.2. The first-order valence-corrected chi connectivity index (χ1v) is 6.16. The van der Waals surface area contributed by atoms with Gasteiger partial charge in [0, 0.05) is 31.8 Å². The lowest BCUT2D eigenvalue weighted by Crippen LogP contribution is -2.31. The molecule has 1 aromatic rings. The van der Waals surface area contributed by atoms with E-state index in [-0.39, 0.29) is 5.82 Å². The molecule has 0 fully saturated rings. The fourth-order valence-electron chi connectivity index (χ4n) is 1.49. The van der Waals surface area contributed by atoms with Crippen LogP contribution in [0.3, 0.4) is 0 Å². The summed E-state index contributed by atoms with van der Waals surface area (Å²) in [5, 5.41) is 0. The average molecular weight is 306 g/mol. The predicted octanol–water partition coefficient (Wildman–Crippen LogP) is 2.69. The number of halogens is 2. The van der Waals surface area contributed by atoms with Crippen LogP contribution in [0.1, 0.15) is 0 Å². The molecule has 0 bridgehead atoms. The number of benzene rings is 1. The Morgan fingerprint density at radius 2 is 1.76 bits per heavy atom. The molecule has 0 N–H and O–H groups in total. The summed E-state index contributed by atoms with van der Waals surface area (Å²) in [5.74, 6) is -0.244. The number of hydrogen-bond donors (Lipinski definition) is 0. The van der Waals surface area contributed by atoms with Crippen molar-refractivity contribution in [2.45, 2.75) is 0 Å². The summed E-state index contributed by atoms with van der Waals surface area (Å²) in [5.41, 5.74) is 0.572. The summed E-state index contributed by atoms with van der Waals surface area (Å²) in [7, 11) is 3.26. The summed E-state index contributed by atoms with van der Waals surface area (Å²) < 4.78 is 24.6. The van der Waals surface area contributed by atoms with Crippen molar-refractivity contribution < 1.29 is 13.9 Å². The van der Waals surface area contributed by atoms with E-state index in [4.69, 9.17) is 9.47 Å². The van der Waals surface area contributed by atoms with Crippen LogP contribution in [0.15, 0.2) is 22.7 Å². The fourth-order valence-corrected chi connectivity index (χ4v) is 1.83. The van der Waals surface area contributed by atoms with Crippen molar-refractivity contribution in [2.75, 3.05) is 45.4 Å². The second kappa shape index (κ2) is 7.63. The van der Waals surface area contributed by atoms with E-state index in [0.717, 1.165) is 4.47 Å². The molecule has 0 aromatic heterocycles. The Morgan fingerprint density at radius 3 is 2.24 bits per heavy atom. The van der Waals surface area contributed by atoms with E-state index in [1.165, 1.54) is 6.07 Å². The highest BCUT2D eigenvalue weighted by atomic mass is 79.9. The van der Waals surface area contributed by atoms with Gasteiger partial charge in [0.25, 0.3) is 0 Å². The summed E-state index contributed by atoms with van der Waals surface area (Å²) in [6, 6.07) is 5.04. The predicted molar refractivity (Wildman–Crippen MR) is 70.1 cm³/mol. The number of ether oxygens (including phenoxy) is 2. The molecule has 0 aliphatic carbocycles. The molecule has 96 valence electrons. The topological polar surface area (TPSA) is 21.7 Å². The SMILES string of the molecule is COCCN(CCOC)c1ccc(Br)cc1F. The third kappa shape index (κ3) is 4.61. The van der Waals surface area contributed by atoms with Gasteiger partial charge in [-0.3, -0.25) is 0 Å².